The average Bonchev–Trinajstić information content (AvgIpc) is 2.86. The van der Waals surface area contributed by atoms with Crippen molar-refractivity contribution in [1.82, 2.24) is 0 Å². The van der Waals surface area contributed by atoms with Gasteiger partial charge in [-0.1, -0.05) is 26.2 Å². The molecule has 0 aromatic heterocycles. The minimum atomic E-state index is 0.333. The summed E-state index contributed by atoms with van der Waals surface area (Å²) in [4.78, 5) is 0. The Labute approximate surface area is 75.5 Å². The summed E-state index contributed by atoms with van der Waals surface area (Å²) in [7, 11) is 1.90. The summed E-state index contributed by atoms with van der Waals surface area (Å²) in [5.74, 6) is 1.78. The van der Waals surface area contributed by atoms with Crippen LogP contribution < -0.4 is 0 Å². The summed E-state index contributed by atoms with van der Waals surface area (Å²) < 4.78 is 5.66. The second-order valence-electron chi connectivity index (χ2n) is 4.64. The molecule has 1 nitrogen and oxygen atoms in total. The van der Waals surface area contributed by atoms with Gasteiger partial charge in [-0.3, -0.25) is 0 Å². The maximum atomic E-state index is 5.66. The van der Waals surface area contributed by atoms with Gasteiger partial charge in [0, 0.05) is 7.11 Å². The zero-order chi connectivity index (χ0) is 8.60. The van der Waals surface area contributed by atoms with Crippen molar-refractivity contribution in [2.75, 3.05) is 7.11 Å². The van der Waals surface area contributed by atoms with E-state index in [1.807, 2.05) is 7.11 Å². The van der Waals surface area contributed by atoms with E-state index in [1.165, 1.54) is 38.5 Å². The van der Waals surface area contributed by atoms with Gasteiger partial charge in [0.1, 0.15) is 0 Å². The topological polar surface area (TPSA) is 9.23 Å². The second kappa shape index (κ2) is 3.02. The summed E-state index contributed by atoms with van der Waals surface area (Å²) in [5, 5.41) is 0. The van der Waals surface area contributed by atoms with Crippen molar-refractivity contribution in [3.63, 3.8) is 0 Å². The lowest BCUT2D eigenvalue weighted by molar-refractivity contribution is -0.00811. The molecule has 0 unspecified atom stereocenters. The Morgan fingerprint density at radius 3 is 2.33 bits per heavy atom. The van der Waals surface area contributed by atoms with Crippen LogP contribution in [0.2, 0.25) is 0 Å². The van der Waals surface area contributed by atoms with Crippen molar-refractivity contribution >= 4 is 0 Å². The molecule has 12 heavy (non-hydrogen) atoms. The summed E-state index contributed by atoms with van der Waals surface area (Å²) in [5.41, 5.74) is 0.333. The van der Waals surface area contributed by atoms with E-state index in [-0.39, 0.29) is 0 Å². The third-order valence-electron chi connectivity index (χ3n) is 3.94. The van der Waals surface area contributed by atoms with Crippen molar-refractivity contribution in [3.8, 4) is 0 Å². The van der Waals surface area contributed by atoms with E-state index in [0.29, 0.717) is 5.60 Å². The fourth-order valence-electron chi connectivity index (χ4n) is 2.95. The number of hydrogen-bond acceptors (Lipinski definition) is 1. The van der Waals surface area contributed by atoms with Gasteiger partial charge in [0.2, 0.25) is 0 Å². The SMILES string of the molecule is COC1([C@H]2CCCC[C@@H]2C)CC1. The van der Waals surface area contributed by atoms with Crippen LogP contribution in [-0.2, 0) is 4.74 Å². The van der Waals surface area contributed by atoms with Crippen LogP contribution in [-0.4, -0.2) is 12.7 Å². The maximum Gasteiger partial charge on any atom is 0.0711 e. The Balaban J connectivity index is 2.01. The lowest BCUT2D eigenvalue weighted by atomic mass is 9.76. The van der Waals surface area contributed by atoms with Crippen LogP contribution in [0.4, 0.5) is 0 Å². The number of hydrogen-bond donors (Lipinski definition) is 0. The van der Waals surface area contributed by atoms with Crippen molar-refractivity contribution in [3.05, 3.63) is 0 Å². The molecule has 2 fully saturated rings. The molecule has 2 aliphatic carbocycles. The maximum absolute atomic E-state index is 5.66. The van der Waals surface area contributed by atoms with Gasteiger partial charge in [-0.15, -0.1) is 0 Å². The van der Waals surface area contributed by atoms with E-state index in [4.69, 9.17) is 4.74 Å². The highest BCUT2D eigenvalue weighted by Gasteiger charge is 2.51. The third-order valence-corrected chi connectivity index (χ3v) is 3.94. The normalized spacial score (nSPS) is 39.5. The average molecular weight is 168 g/mol. The highest BCUT2D eigenvalue weighted by atomic mass is 16.5. The van der Waals surface area contributed by atoms with E-state index < -0.39 is 0 Å². The van der Waals surface area contributed by atoms with E-state index >= 15 is 0 Å². The molecule has 0 radical (unpaired) electrons. The van der Waals surface area contributed by atoms with Gasteiger partial charge >= 0.3 is 0 Å². The van der Waals surface area contributed by atoms with Crippen LogP contribution in [0.15, 0.2) is 0 Å². The first-order valence-corrected chi connectivity index (χ1v) is 5.34. The zero-order valence-corrected chi connectivity index (χ0v) is 8.31. The number of methoxy groups -OCH3 is 1. The van der Waals surface area contributed by atoms with Crippen LogP contribution in [0.5, 0.6) is 0 Å². The first-order chi connectivity index (χ1) is 5.78. The van der Waals surface area contributed by atoms with Gasteiger partial charge < -0.3 is 4.74 Å². The molecule has 2 atom stereocenters. The largest absolute Gasteiger partial charge is 0.378 e. The quantitative estimate of drug-likeness (QED) is 0.616. The molecular weight excluding hydrogens is 148 g/mol. The van der Waals surface area contributed by atoms with Crippen LogP contribution >= 0.6 is 0 Å². The highest BCUT2D eigenvalue weighted by molar-refractivity contribution is 5.03. The summed E-state index contributed by atoms with van der Waals surface area (Å²) in [6.45, 7) is 2.41. The second-order valence-corrected chi connectivity index (χ2v) is 4.64. The summed E-state index contributed by atoms with van der Waals surface area (Å²) in [6, 6.07) is 0. The number of rotatable bonds is 2. The monoisotopic (exact) mass is 168 g/mol. The van der Waals surface area contributed by atoms with Gasteiger partial charge in [0.05, 0.1) is 5.60 Å². The Hall–Kier alpha value is -0.0400. The molecule has 0 aliphatic heterocycles. The van der Waals surface area contributed by atoms with Crippen LogP contribution in [0.25, 0.3) is 0 Å². The Bertz CT molecular complexity index is 160. The van der Waals surface area contributed by atoms with E-state index in [9.17, 15) is 0 Å². The van der Waals surface area contributed by atoms with Crippen LogP contribution in [0, 0.1) is 11.8 Å². The Morgan fingerprint density at radius 1 is 1.17 bits per heavy atom. The van der Waals surface area contributed by atoms with Crippen LogP contribution in [0.1, 0.15) is 45.4 Å². The van der Waals surface area contributed by atoms with Gasteiger partial charge in [-0.2, -0.15) is 0 Å². The summed E-state index contributed by atoms with van der Waals surface area (Å²) >= 11 is 0. The van der Waals surface area contributed by atoms with Crippen LogP contribution in [0.3, 0.4) is 0 Å². The van der Waals surface area contributed by atoms with Gasteiger partial charge in [0.25, 0.3) is 0 Å². The van der Waals surface area contributed by atoms with Crippen molar-refractivity contribution in [2.45, 2.75) is 51.0 Å². The molecule has 0 saturated heterocycles. The number of ether oxygens (including phenoxy) is 1. The molecule has 0 N–H and O–H groups in total. The van der Waals surface area contributed by atoms with E-state index in [1.54, 1.807) is 0 Å². The van der Waals surface area contributed by atoms with E-state index in [0.717, 1.165) is 11.8 Å². The molecule has 70 valence electrons. The Morgan fingerprint density at radius 2 is 1.83 bits per heavy atom. The molecular formula is C11H20O. The summed E-state index contributed by atoms with van der Waals surface area (Å²) in [6.07, 6.45) is 8.35. The minimum Gasteiger partial charge on any atom is -0.378 e. The fourth-order valence-corrected chi connectivity index (χ4v) is 2.95. The lowest BCUT2D eigenvalue weighted by Crippen LogP contribution is -2.32. The molecule has 0 spiro atoms. The van der Waals surface area contributed by atoms with Gasteiger partial charge in [-0.25, -0.2) is 0 Å². The van der Waals surface area contributed by atoms with Crippen molar-refractivity contribution in [1.29, 1.82) is 0 Å². The molecule has 0 amide bonds. The van der Waals surface area contributed by atoms with Crippen molar-refractivity contribution < 1.29 is 4.74 Å². The molecule has 0 aromatic carbocycles. The standard InChI is InChI=1S/C11H20O/c1-9-5-3-4-6-10(9)11(12-2)7-8-11/h9-10H,3-8H2,1-2H3/t9-,10-/m0/s1. The molecule has 1 heteroatoms. The molecule has 2 rings (SSSR count). The molecule has 0 heterocycles. The Kier molecular flexibility index (Phi) is 2.16. The highest BCUT2D eigenvalue weighted by Crippen LogP contribution is 2.52. The van der Waals surface area contributed by atoms with Gasteiger partial charge in [0.15, 0.2) is 0 Å². The lowest BCUT2D eigenvalue weighted by Gasteiger charge is -2.34. The van der Waals surface area contributed by atoms with E-state index in [2.05, 4.69) is 6.92 Å². The molecule has 2 saturated carbocycles. The molecule has 0 aromatic rings. The first-order valence-electron chi connectivity index (χ1n) is 5.34. The molecule has 0 bridgehead atoms. The van der Waals surface area contributed by atoms with Gasteiger partial charge in [-0.05, 0) is 31.1 Å². The predicted octanol–water partition coefficient (Wildman–Crippen LogP) is 2.99. The smallest absolute Gasteiger partial charge is 0.0711 e. The third kappa shape index (κ3) is 1.28. The first kappa shape index (κ1) is 8.55. The predicted molar refractivity (Wildman–Crippen MR) is 50.1 cm³/mol. The fraction of sp³-hybridized carbons (Fsp3) is 1.00. The zero-order valence-electron chi connectivity index (χ0n) is 8.31. The molecule has 2 aliphatic rings. The van der Waals surface area contributed by atoms with Crippen molar-refractivity contribution in [2.24, 2.45) is 11.8 Å². The minimum absolute atomic E-state index is 0.333.